The Balaban J connectivity index is 1.51. The number of nitrogens with one attached hydrogen (secondary N) is 2. The molecule has 0 aliphatic heterocycles. The monoisotopic (exact) mass is 492 g/mol. The van der Waals surface area contributed by atoms with Gasteiger partial charge in [0, 0.05) is 19.4 Å². The minimum Gasteiger partial charge on any atom is -0.493 e. The predicted molar refractivity (Wildman–Crippen MR) is 135 cm³/mol. The molecule has 2 aromatic carbocycles. The molecule has 0 radical (unpaired) electrons. The molecule has 9 heteroatoms. The SMILES string of the molecule is COc1ccc(Cc2nnc(CCNC(=O)C(CCCc3ccccc3)C(C)=O)c(=O)[nH]2)cc1OC. The number of benzene rings is 2. The van der Waals surface area contributed by atoms with Gasteiger partial charge in [0.05, 0.1) is 20.1 Å². The van der Waals surface area contributed by atoms with Gasteiger partial charge in [0.15, 0.2) is 11.5 Å². The normalized spacial score (nSPS) is 11.5. The lowest BCUT2D eigenvalue weighted by Gasteiger charge is -2.14. The Labute approximate surface area is 210 Å². The number of amides is 1. The van der Waals surface area contributed by atoms with E-state index in [0.717, 1.165) is 18.4 Å². The summed E-state index contributed by atoms with van der Waals surface area (Å²) in [6.07, 6.45) is 2.58. The molecule has 0 aliphatic carbocycles. The highest BCUT2D eigenvalue weighted by Gasteiger charge is 2.22. The summed E-state index contributed by atoms with van der Waals surface area (Å²) in [6, 6.07) is 15.4. The van der Waals surface area contributed by atoms with Crippen LogP contribution in [0.25, 0.3) is 0 Å². The Morgan fingerprint density at radius 1 is 0.972 bits per heavy atom. The number of methoxy groups -OCH3 is 2. The van der Waals surface area contributed by atoms with Crippen LogP contribution in [0.2, 0.25) is 0 Å². The van der Waals surface area contributed by atoms with Crippen LogP contribution in [0, 0.1) is 5.92 Å². The molecule has 0 aliphatic rings. The lowest BCUT2D eigenvalue weighted by molar-refractivity contribution is -0.133. The Morgan fingerprint density at radius 3 is 2.39 bits per heavy atom. The number of rotatable bonds is 13. The predicted octanol–water partition coefficient (Wildman–Crippen LogP) is 2.66. The Kier molecular flexibility index (Phi) is 9.73. The quantitative estimate of drug-likeness (QED) is 0.352. The number of carbonyl (C=O) groups is 2. The summed E-state index contributed by atoms with van der Waals surface area (Å²) in [5.74, 6) is 0.405. The van der Waals surface area contributed by atoms with E-state index < -0.39 is 5.92 Å². The number of H-pyrrole nitrogens is 1. The van der Waals surface area contributed by atoms with Gasteiger partial charge >= 0.3 is 0 Å². The molecule has 9 nitrogen and oxygen atoms in total. The third-order valence-electron chi connectivity index (χ3n) is 5.90. The summed E-state index contributed by atoms with van der Waals surface area (Å²) < 4.78 is 10.5. The first-order chi connectivity index (χ1) is 17.4. The molecule has 3 rings (SSSR count). The molecule has 0 saturated carbocycles. The zero-order valence-electron chi connectivity index (χ0n) is 20.9. The van der Waals surface area contributed by atoms with Gasteiger partial charge < -0.3 is 19.8 Å². The first-order valence-corrected chi connectivity index (χ1v) is 11.9. The van der Waals surface area contributed by atoms with Crippen LogP contribution in [-0.4, -0.2) is 47.6 Å². The van der Waals surface area contributed by atoms with Gasteiger partial charge in [-0.2, -0.15) is 0 Å². The number of Topliss-reactive ketones (excluding diaryl/α,β-unsaturated/α-hetero) is 1. The first kappa shape index (κ1) is 26.6. The molecular formula is C27H32N4O5. The molecule has 0 spiro atoms. The number of hydrogen-bond donors (Lipinski definition) is 2. The molecule has 0 bridgehead atoms. The fraction of sp³-hybridized carbons (Fsp3) is 0.370. The van der Waals surface area contributed by atoms with E-state index in [-0.39, 0.29) is 35.9 Å². The zero-order chi connectivity index (χ0) is 25.9. The smallest absolute Gasteiger partial charge is 0.272 e. The maximum atomic E-state index is 12.6. The molecule has 1 heterocycles. The van der Waals surface area contributed by atoms with E-state index in [4.69, 9.17) is 9.47 Å². The zero-order valence-corrected chi connectivity index (χ0v) is 20.9. The van der Waals surface area contributed by atoms with Crippen molar-refractivity contribution in [3.8, 4) is 11.5 Å². The van der Waals surface area contributed by atoms with Gasteiger partial charge in [-0.25, -0.2) is 0 Å². The van der Waals surface area contributed by atoms with Crippen molar-refractivity contribution in [3.63, 3.8) is 0 Å². The van der Waals surface area contributed by atoms with Crippen molar-refractivity contribution < 1.29 is 19.1 Å². The van der Waals surface area contributed by atoms with Gasteiger partial charge in [0.2, 0.25) is 5.91 Å². The highest BCUT2D eigenvalue weighted by atomic mass is 16.5. The molecule has 2 N–H and O–H groups in total. The van der Waals surface area contributed by atoms with Gasteiger partial charge in [-0.1, -0.05) is 36.4 Å². The third kappa shape index (κ3) is 7.49. The highest BCUT2D eigenvalue weighted by molar-refractivity contribution is 6.00. The number of aryl methyl sites for hydroxylation is 1. The van der Waals surface area contributed by atoms with E-state index in [2.05, 4.69) is 20.5 Å². The van der Waals surface area contributed by atoms with Crippen LogP contribution in [0.3, 0.4) is 0 Å². The average Bonchev–Trinajstić information content (AvgIpc) is 2.88. The van der Waals surface area contributed by atoms with Gasteiger partial charge in [-0.05, 0) is 49.4 Å². The van der Waals surface area contributed by atoms with Crippen LogP contribution in [0.15, 0.2) is 53.3 Å². The fourth-order valence-corrected chi connectivity index (χ4v) is 3.92. The second-order valence-corrected chi connectivity index (χ2v) is 8.50. The van der Waals surface area contributed by atoms with Crippen molar-refractivity contribution >= 4 is 11.7 Å². The summed E-state index contributed by atoms with van der Waals surface area (Å²) in [4.78, 5) is 39.8. The van der Waals surface area contributed by atoms with Crippen LogP contribution in [0.1, 0.15) is 42.4 Å². The van der Waals surface area contributed by atoms with Crippen molar-refractivity contribution in [3.05, 3.63) is 81.5 Å². The van der Waals surface area contributed by atoms with Gasteiger partial charge in [0.25, 0.3) is 5.56 Å². The number of aromatic nitrogens is 3. The standard InChI is InChI=1S/C27H32N4O5/c1-18(32)21(11-7-10-19-8-5-4-6-9-19)26(33)28-15-14-22-27(34)29-25(31-30-22)17-20-12-13-23(35-2)24(16-20)36-3/h4-6,8-9,12-13,16,21H,7,10-11,14-15,17H2,1-3H3,(H,28,33)(H,29,31,34). The van der Waals surface area contributed by atoms with Crippen molar-refractivity contribution in [2.45, 2.75) is 39.0 Å². The summed E-state index contributed by atoms with van der Waals surface area (Å²) in [5, 5.41) is 10.9. The van der Waals surface area contributed by atoms with Crippen LogP contribution < -0.4 is 20.3 Å². The summed E-state index contributed by atoms with van der Waals surface area (Å²) >= 11 is 0. The Hall–Kier alpha value is -4.01. The number of ether oxygens (including phenoxy) is 2. The van der Waals surface area contributed by atoms with E-state index in [0.29, 0.717) is 30.2 Å². The van der Waals surface area contributed by atoms with Crippen molar-refractivity contribution in [2.24, 2.45) is 5.92 Å². The molecule has 1 amide bonds. The molecule has 0 saturated heterocycles. The van der Waals surface area contributed by atoms with Crippen molar-refractivity contribution in [1.29, 1.82) is 0 Å². The lowest BCUT2D eigenvalue weighted by Crippen LogP contribution is -2.36. The number of carbonyl (C=O) groups excluding carboxylic acids is 2. The van der Waals surface area contributed by atoms with Crippen LogP contribution in [0.5, 0.6) is 11.5 Å². The fourth-order valence-electron chi connectivity index (χ4n) is 3.92. The van der Waals surface area contributed by atoms with Gasteiger partial charge in [-0.3, -0.25) is 14.4 Å². The first-order valence-electron chi connectivity index (χ1n) is 11.9. The van der Waals surface area contributed by atoms with Crippen molar-refractivity contribution in [2.75, 3.05) is 20.8 Å². The lowest BCUT2D eigenvalue weighted by atomic mass is 9.95. The number of nitrogens with zero attached hydrogens (tertiary/aromatic N) is 2. The minimum absolute atomic E-state index is 0.169. The van der Waals surface area contributed by atoms with Crippen LogP contribution in [0.4, 0.5) is 0 Å². The largest absolute Gasteiger partial charge is 0.493 e. The molecule has 1 unspecified atom stereocenters. The molecule has 36 heavy (non-hydrogen) atoms. The Bertz CT molecular complexity index is 1230. The summed E-state index contributed by atoms with van der Waals surface area (Å²) in [5.41, 5.74) is 1.91. The second kappa shape index (κ2) is 13.2. The van der Waals surface area contributed by atoms with Crippen LogP contribution in [-0.2, 0) is 28.9 Å². The van der Waals surface area contributed by atoms with E-state index in [9.17, 15) is 14.4 Å². The van der Waals surface area contributed by atoms with Crippen molar-refractivity contribution in [1.82, 2.24) is 20.5 Å². The third-order valence-corrected chi connectivity index (χ3v) is 5.90. The minimum atomic E-state index is -0.707. The Morgan fingerprint density at radius 2 is 1.72 bits per heavy atom. The maximum Gasteiger partial charge on any atom is 0.272 e. The highest BCUT2D eigenvalue weighted by Crippen LogP contribution is 2.28. The van der Waals surface area contributed by atoms with E-state index in [1.807, 2.05) is 42.5 Å². The van der Waals surface area contributed by atoms with Crippen LogP contribution >= 0.6 is 0 Å². The molecular weight excluding hydrogens is 460 g/mol. The average molecular weight is 493 g/mol. The summed E-state index contributed by atoms with van der Waals surface area (Å²) in [7, 11) is 3.12. The molecule has 1 aromatic heterocycles. The molecule has 1 atom stereocenters. The number of aromatic amines is 1. The van der Waals surface area contributed by atoms with Gasteiger partial charge in [-0.15, -0.1) is 10.2 Å². The van der Waals surface area contributed by atoms with E-state index in [1.54, 1.807) is 20.3 Å². The molecule has 3 aromatic rings. The van der Waals surface area contributed by atoms with Gasteiger partial charge in [0.1, 0.15) is 17.3 Å². The topological polar surface area (TPSA) is 123 Å². The summed E-state index contributed by atoms with van der Waals surface area (Å²) in [6.45, 7) is 1.62. The number of hydrogen-bond acceptors (Lipinski definition) is 7. The molecule has 190 valence electrons. The second-order valence-electron chi connectivity index (χ2n) is 8.50. The number of ketones is 1. The maximum absolute atomic E-state index is 12.6. The van der Waals surface area contributed by atoms with E-state index >= 15 is 0 Å². The molecule has 0 fully saturated rings. The van der Waals surface area contributed by atoms with E-state index in [1.165, 1.54) is 12.5 Å².